The minimum atomic E-state index is 0.760. The number of aromatic nitrogens is 1. The van der Waals surface area contributed by atoms with Gasteiger partial charge in [-0.25, -0.2) is 0 Å². The van der Waals surface area contributed by atoms with Gasteiger partial charge in [0.1, 0.15) is 5.52 Å². The van der Waals surface area contributed by atoms with Crippen LogP contribution in [0, 0.1) is 27.7 Å². The van der Waals surface area contributed by atoms with Gasteiger partial charge >= 0.3 is 0 Å². The van der Waals surface area contributed by atoms with Gasteiger partial charge in [-0.15, -0.1) is 0 Å². The standard InChI is InChI=1S/C15H21N3O/c1-9-10(2)12(4)14-13(11(9)3)16-15(19-14)18-7-6-17(5)8-18/h6-8H2,1-5H3. The molecule has 4 heteroatoms. The third-order valence-corrected chi connectivity index (χ3v) is 4.43. The van der Waals surface area contributed by atoms with Crippen molar-refractivity contribution in [3.8, 4) is 0 Å². The second-order valence-corrected chi connectivity index (χ2v) is 5.66. The normalized spacial score (nSPS) is 16.8. The third-order valence-electron chi connectivity index (χ3n) is 4.43. The van der Waals surface area contributed by atoms with Crippen molar-refractivity contribution in [1.29, 1.82) is 0 Å². The number of hydrogen-bond donors (Lipinski definition) is 0. The van der Waals surface area contributed by atoms with Crippen molar-refractivity contribution in [1.82, 2.24) is 9.88 Å². The summed E-state index contributed by atoms with van der Waals surface area (Å²) in [6, 6.07) is 0.760. The molecule has 1 saturated heterocycles. The molecule has 0 atom stereocenters. The molecule has 0 radical (unpaired) electrons. The second kappa shape index (κ2) is 4.23. The van der Waals surface area contributed by atoms with Crippen LogP contribution in [0.15, 0.2) is 4.42 Å². The average Bonchev–Trinajstić information content (AvgIpc) is 3.00. The summed E-state index contributed by atoms with van der Waals surface area (Å²) in [5.74, 6) is 0. The number of nitrogens with zero attached hydrogens (tertiary/aromatic N) is 3. The highest BCUT2D eigenvalue weighted by Crippen LogP contribution is 2.32. The van der Waals surface area contributed by atoms with E-state index in [1.807, 2.05) is 0 Å². The molecule has 0 N–H and O–H groups in total. The molecule has 102 valence electrons. The van der Waals surface area contributed by atoms with Crippen molar-refractivity contribution < 1.29 is 4.42 Å². The van der Waals surface area contributed by atoms with Crippen molar-refractivity contribution in [2.24, 2.45) is 0 Å². The Balaban J connectivity index is 2.15. The predicted molar refractivity (Wildman–Crippen MR) is 77.8 cm³/mol. The van der Waals surface area contributed by atoms with Gasteiger partial charge in [-0.3, -0.25) is 4.90 Å². The number of rotatable bonds is 1. The van der Waals surface area contributed by atoms with E-state index in [2.05, 4.69) is 44.5 Å². The SMILES string of the molecule is Cc1c(C)c(C)c2oc(N3CCN(C)C3)nc2c1C. The molecule has 3 rings (SSSR count). The van der Waals surface area contributed by atoms with E-state index in [0.29, 0.717) is 0 Å². The number of aryl methyl sites for hydroxylation is 2. The first-order chi connectivity index (χ1) is 8.99. The zero-order valence-electron chi connectivity index (χ0n) is 12.4. The number of anilines is 1. The molecule has 1 aliphatic heterocycles. The first kappa shape index (κ1) is 12.5. The fourth-order valence-corrected chi connectivity index (χ4v) is 2.74. The molecule has 0 unspecified atom stereocenters. The van der Waals surface area contributed by atoms with Gasteiger partial charge in [0.15, 0.2) is 5.58 Å². The molecule has 1 aliphatic rings. The van der Waals surface area contributed by atoms with Crippen LogP contribution in [-0.4, -0.2) is 36.7 Å². The molecule has 4 nitrogen and oxygen atoms in total. The Hall–Kier alpha value is -1.55. The van der Waals surface area contributed by atoms with Crippen LogP contribution in [-0.2, 0) is 0 Å². The Morgan fingerprint density at radius 3 is 2.26 bits per heavy atom. The van der Waals surface area contributed by atoms with Crippen molar-refractivity contribution in [2.75, 3.05) is 31.7 Å². The maximum Gasteiger partial charge on any atom is 0.299 e. The maximum absolute atomic E-state index is 6.04. The Morgan fingerprint density at radius 1 is 0.947 bits per heavy atom. The molecule has 0 spiro atoms. The van der Waals surface area contributed by atoms with Crippen molar-refractivity contribution in [3.05, 3.63) is 22.3 Å². The van der Waals surface area contributed by atoms with E-state index in [4.69, 9.17) is 9.40 Å². The molecule has 0 saturated carbocycles. The van der Waals surface area contributed by atoms with Crippen molar-refractivity contribution in [2.45, 2.75) is 27.7 Å². The van der Waals surface area contributed by atoms with Gasteiger partial charge in [0.2, 0.25) is 0 Å². The summed E-state index contributed by atoms with van der Waals surface area (Å²) >= 11 is 0. The van der Waals surface area contributed by atoms with E-state index < -0.39 is 0 Å². The quantitative estimate of drug-likeness (QED) is 0.788. The summed E-state index contributed by atoms with van der Waals surface area (Å²) in [5, 5.41) is 0. The lowest BCUT2D eigenvalue weighted by Gasteiger charge is -2.11. The van der Waals surface area contributed by atoms with Gasteiger partial charge in [0, 0.05) is 13.1 Å². The summed E-state index contributed by atoms with van der Waals surface area (Å²) in [6.45, 7) is 11.5. The summed E-state index contributed by atoms with van der Waals surface area (Å²) in [5.41, 5.74) is 7.05. The lowest BCUT2D eigenvalue weighted by molar-refractivity contribution is 0.416. The highest BCUT2D eigenvalue weighted by Gasteiger charge is 2.23. The number of oxazole rings is 1. The number of hydrogen-bond acceptors (Lipinski definition) is 4. The molecule has 0 bridgehead atoms. The first-order valence-corrected chi connectivity index (χ1v) is 6.79. The lowest BCUT2D eigenvalue weighted by Crippen LogP contribution is -2.22. The highest BCUT2D eigenvalue weighted by atomic mass is 16.4. The van der Waals surface area contributed by atoms with Gasteiger partial charge in [-0.2, -0.15) is 4.98 Å². The fourth-order valence-electron chi connectivity index (χ4n) is 2.74. The summed E-state index contributed by atoms with van der Waals surface area (Å²) in [6.07, 6.45) is 0. The van der Waals surface area contributed by atoms with Crippen LogP contribution in [0.2, 0.25) is 0 Å². The Labute approximate surface area is 114 Å². The van der Waals surface area contributed by atoms with Crippen molar-refractivity contribution in [3.63, 3.8) is 0 Å². The van der Waals surface area contributed by atoms with Crippen LogP contribution >= 0.6 is 0 Å². The summed E-state index contributed by atoms with van der Waals surface area (Å²) in [7, 11) is 2.12. The Bertz CT molecular complexity index is 600. The molecule has 0 amide bonds. The number of likely N-dealkylation sites (N-methyl/N-ethyl adjacent to an activating group) is 1. The molecule has 2 heterocycles. The van der Waals surface area contributed by atoms with Crippen LogP contribution in [0.4, 0.5) is 6.01 Å². The van der Waals surface area contributed by atoms with Crippen molar-refractivity contribution >= 4 is 17.1 Å². The fraction of sp³-hybridized carbons (Fsp3) is 0.533. The zero-order chi connectivity index (χ0) is 13.7. The lowest BCUT2D eigenvalue weighted by atomic mass is 9.98. The zero-order valence-corrected chi connectivity index (χ0v) is 12.4. The van der Waals surface area contributed by atoms with Gasteiger partial charge in [0.25, 0.3) is 6.01 Å². The average molecular weight is 259 g/mol. The van der Waals surface area contributed by atoms with E-state index in [9.17, 15) is 0 Å². The molecule has 19 heavy (non-hydrogen) atoms. The molecular weight excluding hydrogens is 238 g/mol. The van der Waals surface area contributed by atoms with Gasteiger partial charge in [0.05, 0.1) is 6.67 Å². The number of fused-ring (bicyclic) bond motifs is 1. The van der Waals surface area contributed by atoms with E-state index in [0.717, 1.165) is 36.9 Å². The summed E-state index contributed by atoms with van der Waals surface area (Å²) in [4.78, 5) is 9.19. The predicted octanol–water partition coefficient (Wildman–Crippen LogP) is 2.77. The van der Waals surface area contributed by atoms with E-state index in [1.54, 1.807) is 0 Å². The summed E-state index contributed by atoms with van der Waals surface area (Å²) < 4.78 is 6.04. The molecular formula is C15H21N3O. The second-order valence-electron chi connectivity index (χ2n) is 5.66. The smallest absolute Gasteiger partial charge is 0.299 e. The van der Waals surface area contributed by atoms with Gasteiger partial charge in [-0.05, 0) is 57.0 Å². The van der Waals surface area contributed by atoms with Crippen LogP contribution in [0.3, 0.4) is 0 Å². The maximum atomic E-state index is 6.04. The molecule has 1 fully saturated rings. The largest absolute Gasteiger partial charge is 0.423 e. The van der Waals surface area contributed by atoms with Gasteiger partial charge in [-0.1, -0.05) is 0 Å². The molecule has 2 aromatic rings. The van der Waals surface area contributed by atoms with Gasteiger partial charge < -0.3 is 9.32 Å². The minimum absolute atomic E-state index is 0.760. The third kappa shape index (κ3) is 1.82. The first-order valence-electron chi connectivity index (χ1n) is 6.79. The van der Waals surface area contributed by atoms with Crippen LogP contribution in [0.5, 0.6) is 0 Å². The molecule has 1 aromatic heterocycles. The van der Waals surface area contributed by atoms with E-state index in [1.165, 1.54) is 22.3 Å². The monoisotopic (exact) mass is 259 g/mol. The van der Waals surface area contributed by atoms with E-state index in [-0.39, 0.29) is 0 Å². The highest BCUT2D eigenvalue weighted by molar-refractivity contribution is 5.84. The molecule has 1 aromatic carbocycles. The van der Waals surface area contributed by atoms with Crippen LogP contribution in [0.1, 0.15) is 22.3 Å². The molecule has 0 aliphatic carbocycles. The Morgan fingerprint density at radius 2 is 1.63 bits per heavy atom. The Kier molecular flexibility index (Phi) is 2.78. The minimum Gasteiger partial charge on any atom is -0.423 e. The van der Waals surface area contributed by atoms with Crippen LogP contribution < -0.4 is 4.90 Å². The number of benzene rings is 1. The van der Waals surface area contributed by atoms with Crippen LogP contribution in [0.25, 0.3) is 11.1 Å². The van der Waals surface area contributed by atoms with E-state index >= 15 is 0 Å². The topological polar surface area (TPSA) is 32.5 Å².